The van der Waals surface area contributed by atoms with Crippen LogP contribution in [-0.2, 0) is 20.9 Å². The van der Waals surface area contributed by atoms with Crippen molar-refractivity contribution in [2.24, 2.45) is 16.8 Å². The first-order chi connectivity index (χ1) is 16.3. The smallest absolute Gasteiger partial charge is 0.323 e. The fourth-order valence-electron chi connectivity index (χ4n) is 3.60. The summed E-state index contributed by atoms with van der Waals surface area (Å²) in [6, 6.07) is 5.84. The van der Waals surface area contributed by atoms with E-state index in [1.807, 2.05) is 46.8 Å². The van der Waals surface area contributed by atoms with Crippen LogP contribution in [0.2, 0.25) is 0 Å². The number of aliphatic imine (C=N–C) groups is 1. The second-order valence-electron chi connectivity index (χ2n) is 10.8. The van der Waals surface area contributed by atoms with E-state index in [4.69, 9.17) is 9.73 Å². The van der Waals surface area contributed by atoms with Gasteiger partial charge in [0.2, 0.25) is 0 Å². The van der Waals surface area contributed by atoms with Crippen molar-refractivity contribution in [2.45, 2.75) is 100 Å². The summed E-state index contributed by atoms with van der Waals surface area (Å²) >= 11 is 0. The van der Waals surface area contributed by atoms with E-state index < -0.39 is 5.60 Å². The van der Waals surface area contributed by atoms with Crippen molar-refractivity contribution >= 4 is 23.7 Å². The normalized spacial score (nSPS) is 15.2. The van der Waals surface area contributed by atoms with Gasteiger partial charge in [0.25, 0.3) is 0 Å². The highest BCUT2D eigenvalue weighted by Crippen LogP contribution is 2.25. The van der Waals surface area contributed by atoms with E-state index in [1.54, 1.807) is 6.92 Å². The van der Waals surface area contributed by atoms with Crippen LogP contribution in [0, 0.1) is 18.8 Å². The molecule has 2 atom stereocenters. The molecular weight excluding hydrogens is 436 g/mol. The second-order valence-corrected chi connectivity index (χ2v) is 10.8. The SMILES string of the molecule is C/C=C(\C=C(\C)C=O)C(=Nc1cc(CNC(CC(C)C)C(=O)OC(C)(C)C)ccc1C)C(C)CC. The maximum absolute atomic E-state index is 12.8. The molecule has 1 N–H and O–H groups in total. The summed E-state index contributed by atoms with van der Waals surface area (Å²) in [5, 5.41) is 3.41. The number of allylic oxidation sites excluding steroid dienone is 4. The van der Waals surface area contributed by atoms with E-state index in [0.29, 0.717) is 24.5 Å². The predicted molar refractivity (Wildman–Crippen MR) is 147 cm³/mol. The van der Waals surface area contributed by atoms with E-state index >= 15 is 0 Å². The first kappa shape index (κ1) is 30.5. The Morgan fingerprint density at radius 2 is 1.86 bits per heavy atom. The van der Waals surface area contributed by atoms with Crippen LogP contribution in [0.1, 0.15) is 86.3 Å². The Labute approximate surface area is 213 Å². The number of esters is 1. The Morgan fingerprint density at radius 3 is 2.37 bits per heavy atom. The number of hydrogen-bond donors (Lipinski definition) is 1. The Hall–Kier alpha value is -2.53. The molecule has 5 nitrogen and oxygen atoms in total. The van der Waals surface area contributed by atoms with E-state index in [9.17, 15) is 9.59 Å². The van der Waals surface area contributed by atoms with Crippen molar-refractivity contribution in [1.29, 1.82) is 0 Å². The minimum atomic E-state index is -0.521. The van der Waals surface area contributed by atoms with Crippen LogP contribution in [-0.4, -0.2) is 29.6 Å². The van der Waals surface area contributed by atoms with E-state index in [1.165, 1.54) is 0 Å². The van der Waals surface area contributed by atoms with Gasteiger partial charge in [0.05, 0.1) is 11.4 Å². The molecule has 0 aliphatic carbocycles. The highest BCUT2D eigenvalue weighted by atomic mass is 16.6. The fraction of sp³-hybridized carbons (Fsp3) is 0.567. The highest BCUT2D eigenvalue weighted by Gasteiger charge is 2.25. The first-order valence-electron chi connectivity index (χ1n) is 12.8. The highest BCUT2D eigenvalue weighted by molar-refractivity contribution is 6.06. The van der Waals surface area contributed by atoms with Gasteiger partial charge in [0.1, 0.15) is 17.9 Å². The van der Waals surface area contributed by atoms with E-state index in [2.05, 4.69) is 51.2 Å². The Bertz CT molecular complexity index is 949. The van der Waals surface area contributed by atoms with Crippen LogP contribution in [0.25, 0.3) is 0 Å². The van der Waals surface area contributed by atoms with Gasteiger partial charge in [-0.2, -0.15) is 0 Å². The number of aldehydes is 1. The molecule has 0 bridgehead atoms. The van der Waals surface area contributed by atoms with Crippen LogP contribution >= 0.6 is 0 Å². The van der Waals surface area contributed by atoms with Crippen molar-refractivity contribution in [3.05, 3.63) is 52.6 Å². The number of rotatable bonds is 12. The van der Waals surface area contributed by atoms with Gasteiger partial charge in [0, 0.05) is 6.54 Å². The van der Waals surface area contributed by atoms with Crippen molar-refractivity contribution in [2.75, 3.05) is 0 Å². The summed E-state index contributed by atoms with van der Waals surface area (Å²) in [5.41, 5.74) is 5.11. The average molecular weight is 483 g/mol. The number of carbonyl (C=O) groups excluding carboxylic acids is 2. The molecule has 2 unspecified atom stereocenters. The zero-order valence-corrected chi connectivity index (χ0v) is 23.5. The van der Waals surface area contributed by atoms with Gasteiger partial charge in [-0.1, -0.05) is 45.9 Å². The van der Waals surface area contributed by atoms with Gasteiger partial charge in [-0.15, -0.1) is 0 Å². The van der Waals surface area contributed by atoms with Crippen molar-refractivity contribution in [1.82, 2.24) is 5.32 Å². The third-order valence-electron chi connectivity index (χ3n) is 5.72. The standard InChI is InChI=1S/C30H46N2O3/c1-11-22(6)28(25(12-2)16-21(5)19-33)32-26-17-24(14-13-23(26)7)18-31-27(15-20(3)4)29(34)35-30(8,9)10/h12-14,16-17,19-20,22,27,31H,11,15,18H2,1-10H3/b21-16-,25-12+,32-28?. The van der Waals surface area contributed by atoms with Crippen LogP contribution < -0.4 is 5.32 Å². The van der Waals surface area contributed by atoms with Gasteiger partial charge in [0.15, 0.2) is 0 Å². The Balaban J connectivity index is 3.28. The summed E-state index contributed by atoms with van der Waals surface area (Å²) in [5.74, 6) is 0.379. The summed E-state index contributed by atoms with van der Waals surface area (Å²) in [6.07, 6.45) is 6.42. The molecule has 0 amide bonds. The van der Waals surface area contributed by atoms with Gasteiger partial charge < -0.3 is 10.1 Å². The molecule has 0 saturated carbocycles. The molecule has 0 aliphatic heterocycles. The monoisotopic (exact) mass is 482 g/mol. The van der Waals surface area contributed by atoms with Crippen molar-refractivity contribution in [3.8, 4) is 0 Å². The maximum Gasteiger partial charge on any atom is 0.323 e. The topological polar surface area (TPSA) is 67.8 Å². The minimum absolute atomic E-state index is 0.217. The van der Waals surface area contributed by atoms with E-state index in [0.717, 1.165) is 40.8 Å². The van der Waals surface area contributed by atoms with Crippen LogP contribution in [0.5, 0.6) is 0 Å². The van der Waals surface area contributed by atoms with Gasteiger partial charge >= 0.3 is 5.97 Å². The summed E-state index contributed by atoms with van der Waals surface area (Å²) in [6.45, 7) is 20.5. The number of ether oxygens (including phenoxy) is 1. The quantitative estimate of drug-likeness (QED) is 0.114. The fourth-order valence-corrected chi connectivity index (χ4v) is 3.60. The lowest BCUT2D eigenvalue weighted by molar-refractivity contribution is -0.158. The Morgan fingerprint density at radius 1 is 1.20 bits per heavy atom. The number of aryl methyl sites for hydroxylation is 1. The summed E-state index contributed by atoms with van der Waals surface area (Å²) in [4.78, 5) is 29.1. The van der Waals surface area contributed by atoms with Crippen LogP contribution in [0.15, 0.2) is 46.5 Å². The van der Waals surface area contributed by atoms with Crippen LogP contribution in [0.4, 0.5) is 5.69 Å². The van der Waals surface area contributed by atoms with Crippen LogP contribution in [0.3, 0.4) is 0 Å². The first-order valence-corrected chi connectivity index (χ1v) is 12.8. The molecular formula is C30H46N2O3. The summed E-state index contributed by atoms with van der Waals surface area (Å²) < 4.78 is 5.64. The third kappa shape index (κ3) is 10.7. The molecule has 0 saturated heterocycles. The molecule has 1 rings (SSSR count). The lowest BCUT2D eigenvalue weighted by Crippen LogP contribution is -2.41. The molecule has 1 aromatic rings. The number of hydrogen-bond acceptors (Lipinski definition) is 5. The third-order valence-corrected chi connectivity index (χ3v) is 5.72. The van der Waals surface area contributed by atoms with Gasteiger partial charge in [-0.3, -0.25) is 14.6 Å². The second kappa shape index (κ2) is 14.1. The molecule has 0 aromatic heterocycles. The van der Waals surface area contributed by atoms with E-state index in [-0.39, 0.29) is 17.9 Å². The largest absolute Gasteiger partial charge is 0.459 e. The number of nitrogens with one attached hydrogen (secondary N) is 1. The minimum Gasteiger partial charge on any atom is -0.459 e. The maximum atomic E-state index is 12.8. The molecule has 194 valence electrons. The lowest BCUT2D eigenvalue weighted by Gasteiger charge is -2.25. The van der Waals surface area contributed by atoms with Crippen molar-refractivity contribution in [3.63, 3.8) is 0 Å². The van der Waals surface area contributed by atoms with Crippen molar-refractivity contribution < 1.29 is 14.3 Å². The molecule has 1 aromatic carbocycles. The Kier molecular flexibility index (Phi) is 12.3. The molecule has 0 spiro atoms. The zero-order chi connectivity index (χ0) is 26.8. The number of nitrogens with zero attached hydrogens (tertiary/aromatic N) is 1. The van der Waals surface area contributed by atoms with Gasteiger partial charge in [-0.05, 0) is 101 Å². The number of benzene rings is 1. The molecule has 5 heteroatoms. The predicted octanol–water partition coefficient (Wildman–Crippen LogP) is 7.05. The van der Waals surface area contributed by atoms with Gasteiger partial charge in [-0.25, -0.2) is 0 Å². The molecule has 0 aliphatic rings. The molecule has 0 fully saturated rings. The summed E-state index contributed by atoms with van der Waals surface area (Å²) in [7, 11) is 0. The number of carbonyl (C=O) groups is 2. The average Bonchev–Trinajstić information content (AvgIpc) is 2.78. The molecule has 35 heavy (non-hydrogen) atoms. The molecule has 0 heterocycles. The zero-order valence-electron chi connectivity index (χ0n) is 23.5. The molecule has 0 radical (unpaired) electrons. The lowest BCUT2D eigenvalue weighted by atomic mass is 9.94.